The van der Waals surface area contributed by atoms with Crippen LogP contribution in [0.4, 0.5) is 5.69 Å². The minimum Gasteiger partial charge on any atom is -0.493 e. The Kier molecular flexibility index (Phi) is 12.8. The number of hydrazine groups is 3. The van der Waals surface area contributed by atoms with E-state index >= 15 is 0 Å². The van der Waals surface area contributed by atoms with Crippen LogP contribution in [0.1, 0.15) is 49.9 Å². The van der Waals surface area contributed by atoms with Crippen molar-refractivity contribution < 1.29 is 14.3 Å². The maximum Gasteiger partial charge on any atom is 0.255 e. The Morgan fingerprint density at radius 3 is 2.65 bits per heavy atom. The number of hydrogen-bond donors (Lipinski definition) is 7. The van der Waals surface area contributed by atoms with Crippen molar-refractivity contribution in [3.05, 3.63) is 23.8 Å². The Morgan fingerprint density at radius 1 is 1.23 bits per heavy atom. The first-order chi connectivity index (χ1) is 14.9. The fourth-order valence-electron chi connectivity index (χ4n) is 2.80. The van der Waals surface area contributed by atoms with E-state index in [9.17, 15) is 9.59 Å². The molecule has 0 aliphatic heterocycles. The maximum atomic E-state index is 13.1. The molecule has 0 unspecified atom stereocenters. The van der Waals surface area contributed by atoms with Crippen LogP contribution in [0.15, 0.2) is 23.3 Å². The van der Waals surface area contributed by atoms with Gasteiger partial charge >= 0.3 is 0 Å². The number of carbonyl (C=O) groups is 2. The van der Waals surface area contributed by atoms with E-state index in [-0.39, 0.29) is 11.7 Å². The summed E-state index contributed by atoms with van der Waals surface area (Å²) in [6.07, 6.45) is 4.29. The lowest BCUT2D eigenvalue weighted by atomic mass is 10.00. The maximum absolute atomic E-state index is 13.1. The van der Waals surface area contributed by atoms with Gasteiger partial charge in [-0.25, -0.2) is 5.53 Å². The number of unbranched alkanes of at least 4 members (excludes halogenated alkanes) is 2. The van der Waals surface area contributed by atoms with E-state index < -0.39 is 11.9 Å². The molecule has 0 saturated carbocycles. The zero-order chi connectivity index (χ0) is 23.1. The molecule has 0 aliphatic rings. The van der Waals surface area contributed by atoms with Gasteiger partial charge < -0.3 is 21.1 Å². The fraction of sp³-hybridized carbons (Fsp3) is 0.550. The van der Waals surface area contributed by atoms with Gasteiger partial charge in [-0.05, 0) is 56.3 Å². The van der Waals surface area contributed by atoms with Gasteiger partial charge in [-0.2, -0.15) is 10.6 Å². The molecule has 0 heterocycles. The second kappa shape index (κ2) is 15.1. The Morgan fingerprint density at radius 2 is 2.00 bits per heavy atom. The molecule has 11 nitrogen and oxygen atoms in total. The number of benzene rings is 1. The van der Waals surface area contributed by atoms with Gasteiger partial charge in [-0.1, -0.05) is 13.8 Å². The van der Waals surface area contributed by atoms with E-state index in [2.05, 4.69) is 32.3 Å². The monoisotopic (exact) mass is 436 g/mol. The predicted molar refractivity (Wildman–Crippen MR) is 122 cm³/mol. The first-order valence-corrected chi connectivity index (χ1v) is 10.4. The molecule has 0 bridgehead atoms. The van der Waals surface area contributed by atoms with Crippen molar-refractivity contribution in [1.82, 2.24) is 21.9 Å². The first-order valence-electron chi connectivity index (χ1n) is 10.4. The molecule has 1 aromatic carbocycles. The van der Waals surface area contributed by atoms with Crippen molar-refractivity contribution in [3.63, 3.8) is 0 Å². The number of ketones is 1. The van der Waals surface area contributed by atoms with Gasteiger partial charge in [0.2, 0.25) is 0 Å². The second-order valence-electron chi connectivity index (χ2n) is 7.36. The van der Waals surface area contributed by atoms with Gasteiger partial charge in [0, 0.05) is 12.7 Å². The van der Waals surface area contributed by atoms with Crippen molar-refractivity contribution in [2.75, 3.05) is 25.5 Å². The first kappa shape index (κ1) is 26.3. The van der Waals surface area contributed by atoms with Gasteiger partial charge in [-0.15, -0.1) is 5.53 Å². The van der Waals surface area contributed by atoms with Crippen LogP contribution in [0.25, 0.3) is 0 Å². The van der Waals surface area contributed by atoms with Gasteiger partial charge in [0.05, 0.1) is 24.4 Å². The molecule has 1 atom stereocenters. The number of nitrogens with one attached hydrogen (secondary N) is 5. The normalized spacial score (nSPS) is 12.1. The summed E-state index contributed by atoms with van der Waals surface area (Å²) in [4.78, 5) is 25.6. The van der Waals surface area contributed by atoms with E-state index in [0.29, 0.717) is 30.9 Å². The highest BCUT2D eigenvalue weighted by Crippen LogP contribution is 2.23. The summed E-state index contributed by atoms with van der Waals surface area (Å²) < 4.78 is 5.84. The number of rotatable bonds is 16. The van der Waals surface area contributed by atoms with Crippen LogP contribution in [0.5, 0.6) is 5.75 Å². The number of carbonyl (C=O) groups excluding carboxylic acids is 2. The van der Waals surface area contributed by atoms with Crippen LogP contribution in [-0.4, -0.2) is 44.1 Å². The molecule has 0 aromatic heterocycles. The standard InChI is InChI=1S/C20H36N8O3/c1-14(2)11-17(18(29)13-24-27-28-26-22)25-20(30)16-12-15(23-3)7-8-19(16)31-10-6-4-5-9-21/h7-8,12-14,17,23,26-28H,4-6,9-11,21-22H2,1-3H3,(H,25,30)/b24-13-/t17-/m0/s1. The van der Waals surface area contributed by atoms with Crippen molar-refractivity contribution in [3.8, 4) is 5.75 Å². The smallest absolute Gasteiger partial charge is 0.255 e. The van der Waals surface area contributed by atoms with Crippen molar-refractivity contribution in [2.45, 2.75) is 45.6 Å². The Bertz CT molecular complexity index is 712. The topological polar surface area (TPSA) is 168 Å². The van der Waals surface area contributed by atoms with Crippen molar-refractivity contribution in [2.24, 2.45) is 22.6 Å². The molecular formula is C20H36N8O3. The SMILES string of the molecule is CNc1ccc(OCCCCCN)c(C(=O)N[C@@H](CC(C)C)C(=O)/C=N\NNNN)c1. The lowest BCUT2D eigenvalue weighted by molar-refractivity contribution is -0.114. The lowest BCUT2D eigenvalue weighted by Gasteiger charge is -2.19. The zero-order valence-electron chi connectivity index (χ0n) is 18.5. The molecule has 9 N–H and O–H groups in total. The number of anilines is 1. The molecule has 174 valence electrons. The molecule has 31 heavy (non-hydrogen) atoms. The number of hydrazone groups is 1. The van der Waals surface area contributed by atoms with E-state index in [4.69, 9.17) is 16.3 Å². The second-order valence-corrected chi connectivity index (χ2v) is 7.36. The molecule has 1 rings (SSSR count). The van der Waals surface area contributed by atoms with Gasteiger partial charge in [0.15, 0.2) is 5.78 Å². The van der Waals surface area contributed by atoms with E-state index in [1.165, 1.54) is 0 Å². The zero-order valence-corrected chi connectivity index (χ0v) is 18.5. The Hall–Kier alpha value is -2.73. The number of hydrogen-bond acceptors (Lipinski definition) is 10. The Labute approximate surface area is 183 Å². The summed E-state index contributed by atoms with van der Waals surface area (Å²) in [5, 5.41) is 9.53. The van der Waals surface area contributed by atoms with Crippen LogP contribution in [0.2, 0.25) is 0 Å². The summed E-state index contributed by atoms with van der Waals surface area (Å²) in [7, 11) is 1.77. The summed E-state index contributed by atoms with van der Waals surface area (Å²) in [5.41, 5.74) is 13.4. The quantitative estimate of drug-likeness (QED) is 0.0840. The van der Waals surface area contributed by atoms with Crippen molar-refractivity contribution >= 4 is 23.6 Å². The molecule has 1 aromatic rings. The van der Waals surface area contributed by atoms with Crippen LogP contribution in [0.3, 0.4) is 0 Å². The third-order valence-electron chi connectivity index (χ3n) is 4.36. The molecular weight excluding hydrogens is 400 g/mol. The summed E-state index contributed by atoms with van der Waals surface area (Å²) >= 11 is 0. The van der Waals surface area contributed by atoms with Gasteiger partial charge in [-0.3, -0.25) is 15.4 Å². The van der Waals surface area contributed by atoms with E-state index in [1.54, 1.807) is 19.2 Å². The highest BCUT2D eigenvalue weighted by Gasteiger charge is 2.23. The van der Waals surface area contributed by atoms with Gasteiger partial charge in [0.25, 0.3) is 5.91 Å². The summed E-state index contributed by atoms with van der Waals surface area (Å²) in [6.45, 7) is 5.07. The minimum atomic E-state index is -0.737. The predicted octanol–water partition coefficient (Wildman–Crippen LogP) is 0.408. The molecule has 11 heteroatoms. The number of Topliss-reactive ketones (excluding diaryl/α,β-unsaturated/α-hetero) is 1. The molecule has 0 fully saturated rings. The number of amides is 1. The van der Waals surface area contributed by atoms with Crippen LogP contribution >= 0.6 is 0 Å². The lowest BCUT2D eigenvalue weighted by Crippen LogP contribution is -2.46. The van der Waals surface area contributed by atoms with E-state index in [1.807, 2.05) is 19.9 Å². The molecule has 0 saturated heterocycles. The number of nitrogens with two attached hydrogens (primary N) is 2. The molecule has 1 amide bonds. The van der Waals surface area contributed by atoms with E-state index in [0.717, 1.165) is 31.2 Å². The molecule has 0 aliphatic carbocycles. The fourth-order valence-corrected chi connectivity index (χ4v) is 2.80. The van der Waals surface area contributed by atoms with Crippen LogP contribution in [-0.2, 0) is 4.79 Å². The van der Waals surface area contributed by atoms with Crippen molar-refractivity contribution in [1.29, 1.82) is 0 Å². The Balaban J connectivity index is 2.94. The molecule has 0 spiro atoms. The summed E-state index contributed by atoms with van der Waals surface area (Å²) in [5.74, 6) is 4.95. The van der Waals surface area contributed by atoms with Crippen LogP contribution in [0, 0.1) is 5.92 Å². The number of ether oxygens (including phenoxy) is 1. The minimum absolute atomic E-state index is 0.182. The number of nitrogens with zero attached hydrogens (tertiary/aromatic N) is 1. The molecule has 0 radical (unpaired) electrons. The highest BCUT2D eigenvalue weighted by atomic mass is 16.5. The van der Waals surface area contributed by atoms with Crippen LogP contribution < -0.4 is 43.6 Å². The van der Waals surface area contributed by atoms with Gasteiger partial charge in [0.1, 0.15) is 5.75 Å². The third-order valence-corrected chi connectivity index (χ3v) is 4.36. The largest absolute Gasteiger partial charge is 0.493 e. The average molecular weight is 437 g/mol. The average Bonchev–Trinajstić information content (AvgIpc) is 2.75. The highest BCUT2D eigenvalue weighted by molar-refractivity contribution is 6.30. The third kappa shape index (κ3) is 10.2. The summed E-state index contributed by atoms with van der Waals surface area (Å²) in [6, 6.07) is 4.55.